The van der Waals surface area contributed by atoms with E-state index in [9.17, 15) is 13.2 Å². The van der Waals surface area contributed by atoms with Gasteiger partial charge in [0, 0.05) is 24.0 Å². The molecular weight excluding hydrogens is 454 g/mol. The lowest BCUT2D eigenvalue weighted by atomic mass is 10.1. The number of thiophene rings is 1. The zero-order valence-electron chi connectivity index (χ0n) is 17.6. The lowest BCUT2D eigenvalue weighted by Crippen LogP contribution is -2.41. The number of carbonyl (C=O) groups excluding carboxylic acids is 1. The molecule has 31 heavy (non-hydrogen) atoms. The maximum atomic E-state index is 13.1. The molecule has 3 heterocycles. The molecule has 4 rings (SSSR count). The van der Waals surface area contributed by atoms with Crippen LogP contribution in [-0.2, 0) is 14.8 Å². The Morgan fingerprint density at radius 3 is 2.65 bits per heavy atom. The van der Waals surface area contributed by atoms with Crippen LogP contribution >= 0.6 is 22.9 Å². The van der Waals surface area contributed by atoms with E-state index in [0.717, 1.165) is 38.6 Å². The summed E-state index contributed by atoms with van der Waals surface area (Å²) in [5, 5.41) is 5.26. The van der Waals surface area contributed by atoms with Crippen LogP contribution in [0.15, 0.2) is 40.6 Å². The summed E-state index contributed by atoms with van der Waals surface area (Å²) in [4.78, 5) is 16.7. The Kier molecular flexibility index (Phi) is 7.03. The lowest BCUT2D eigenvalue weighted by molar-refractivity contribution is -0.121. The number of amides is 1. The lowest BCUT2D eigenvalue weighted by Gasteiger charge is -2.29. The molecule has 0 spiro atoms. The third-order valence-electron chi connectivity index (χ3n) is 6.19. The Bertz CT molecular complexity index is 1020. The Morgan fingerprint density at radius 1 is 1.16 bits per heavy atom. The molecule has 0 radical (unpaired) electrons. The highest BCUT2D eigenvalue weighted by Gasteiger charge is 2.34. The maximum Gasteiger partial charge on any atom is 0.243 e. The second-order valence-corrected chi connectivity index (χ2v) is 11.5. The van der Waals surface area contributed by atoms with Gasteiger partial charge >= 0.3 is 0 Å². The van der Waals surface area contributed by atoms with E-state index in [0.29, 0.717) is 23.8 Å². The summed E-state index contributed by atoms with van der Waals surface area (Å²) in [6.07, 6.45) is 4.87. The summed E-state index contributed by atoms with van der Waals surface area (Å²) >= 11 is 8.03. The van der Waals surface area contributed by atoms with Gasteiger partial charge in [-0.3, -0.25) is 9.69 Å². The van der Waals surface area contributed by atoms with E-state index < -0.39 is 10.0 Å². The third kappa shape index (κ3) is 4.83. The van der Waals surface area contributed by atoms with Gasteiger partial charge in [0.05, 0.1) is 21.6 Å². The van der Waals surface area contributed by atoms with E-state index in [1.54, 1.807) is 17.4 Å². The predicted octanol–water partition coefficient (Wildman–Crippen LogP) is 4.74. The quantitative estimate of drug-likeness (QED) is 0.646. The van der Waals surface area contributed by atoms with E-state index in [-0.39, 0.29) is 22.9 Å². The average molecular weight is 482 g/mol. The molecule has 168 valence electrons. The fraction of sp³-hybridized carbons (Fsp3) is 0.500. The molecule has 1 aromatic carbocycles. The number of hydrogen-bond donors (Lipinski definition) is 1. The van der Waals surface area contributed by atoms with E-state index >= 15 is 0 Å². The van der Waals surface area contributed by atoms with Crippen molar-refractivity contribution >= 4 is 44.6 Å². The maximum absolute atomic E-state index is 13.1. The molecule has 0 saturated carbocycles. The van der Waals surface area contributed by atoms with Crippen LogP contribution in [0.1, 0.15) is 49.9 Å². The first kappa shape index (κ1) is 22.7. The fourth-order valence-corrected chi connectivity index (χ4v) is 7.03. The minimum absolute atomic E-state index is 0.166. The third-order valence-corrected chi connectivity index (χ3v) is 9.39. The summed E-state index contributed by atoms with van der Waals surface area (Å²) in [6, 6.07) is 8.58. The van der Waals surface area contributed by atoms with Gasteiger partial charge in [0.2, 0.25) is 15.9 Å². The van der Waals surface area contributed by atoms with Gasteiger partial charge in [0.15, 0.2) is 0 Å². The molecule has 2 fully saturated rings. The van der Waals surface area contributed by atoms with Gasteiger partial charge in [0.1, 0.15) is 0 Å². The smallest absolute Gasteiger partial charge is 0.243 e. The highest BCUT2D eigenvalue weighted by molar-refractivity contribution is 7.89. The van der Waals surface area contributed by atoms with Gasteiger partial charge in [-0.2, -0.15) is 4.31 Å². The average Bonchev–Trinajstić information content (AvgIpc) is 3.47. The largest absolute Gasteiger partial charge is 0.323 e. The molecule has 1 aromatic heterocycles. The summed E-state index contributed by atoms with van der Waals surface area (Å²) in [5.41, 5.74) is 0.337. The molecule has 2 aliphatic rings. The van der Waals surface area contributed by atoms with E-state index in [1.165, 1.54) is 21.3 Å². The molecule has 0 unspecified atom stereocenters. The molecule has 2 aliphatic heterocycles. The molecule has 2 saturated heterocycles. The zero-order chi connectivity index (χ0) is 22.0. The summed E-state index contributed by atoms with van der Waals surface area (Å²) < 4.78 is 27.6. The van der Waals surface area contributed by atoms with Crippen LogP contribution in [-0.4, -0.2) is 49.2 Å². The van der Waals surface area contributed by atoms with Crippen LogP contribution in [0.4, 0.5) is 5.69 Å². The topological polar surface area (TPSA) is 69.7 Å². The van der Waals surface area contributed by atoms with Crippen LogP contribution in [0.3, 0.4) is 0 Å². The predicted molar refractivity (Wildman–Crippen MR) is 125 cm³/mol. The van der Waals surface area contributed by atoms with Crippen molar-refractivity contribution in [1.82, 2.24) is 9.21 Å². The number of halogens is 1. The molecule has 0 aliphatic carbocycles. The Balaban J connectivity index is 1.51. The van der Waals surface area contributed by atoms with E-state index in [2.05, 4.69) is 21.7 Å². The Labute approximate surface area is 193 Å². The first-order valence-electron chi connectivity index (χ1n) is 10.8. The van der Waals surface area contributed by atoms with Gasteiger partial charge in [-0.15, -0.1) is 11.3 Å². The fourth-order valence-electron chi connectivity index (χ4n) is 4.44. The van der Waals surface area contributed by atoms with Crippen LogP contribution in [0.25, 0.3) is 0 Å². The van der Waals surface area contributed by atoms with Crippen molar-refractivity contribution in [3.8, 4) is 0 Å². The van der Waals surface area contributed by atoms with Crippen LogP contribution in [0.2, 0.25) is 5.02 Å². The van der Waals surface area contributed by atoms with Crippen molar-refractivity contribution in [2.45, 2.75) is 56.0 Å². The van der Waals surface area contributed by atoms with Gasteiger partial charge in [-0.05, 0) is 68.8 Å². The molecule has 1 amide bonds. The molecule has 0 bridgehead atoms. The Hall–Kier alpha value is -1.45. The number of piperidine rings is 1. The number of rotatable bonds is 6. The summed E-state index contributed by atoms with van der Waals surface area (Å²) in [5.74, 6) is -0.183. The highest BCUT2D eigenvalue weighted by atomic mass is 35.5. The number of benzene rings is 1. The van der Waals surface area contributed by atoms with E-state index in [1.807, 2.05) is 13.0 Å². The second-order valence-electron chi connectivity index (χ2n) is 8.18. The number of anilines is 1. The molecule has 9 heteroatoms. The van der Waals surface area contributed by atoms with Gasteiger partial charge < -0.3 is 5.32 Å². The van der Waals surface area contributed by atoms with Crippen molar-refractivity contribution in [2.24, 2.45) is 0 Å². The van der Waals surface area contributed by atoms with Crippen molar-refractivity contribution < 1.29 is 13.2 Å². The molecule has 1 N–H and O–H groups in total. The molecule has 6 nitrogen and oxygen atoms in total. The normalized spacial score (nSPS) is 21.8. The van der Waals surface area contributed by atoms with Crippen molar-refractivity contribution in [1.29, 1.82) is 0 Å². The van der Waals surface area contributed by atoms with Crippen LogP contribution in [0.5, 0.6) is 0 Å². The first-order valence-corrected chi connectivity index (χ1v) is 13.5. The van der Waals surface area contributed by atoms with E-state index in [4.69, 9.17) is 11.6 Å². The van der Waals surface area contributed by atoms with Crippen molar-refractivity contribution in [2.75, 3.05) is 25.0 Å². The number of carbonyl (C=O) groups is 1. The minimum atomic E-state index is -3.60. The molecule has 2 atom stereocenters. The number of hydrogen-bond acceptors (Lipinski definition) is 5. The second kappa shape index (κ2) is 9.58. The van der Waals surface area contributed by atoms with Gasteiger partial charge in [-0.1, -0.05) is 24.1 Å². The molecule has 2 aromatic rings. The van der Waals surface area contributed by atoms with Gasteiger partial charge in [-0.25, -0.2) is 8.42 Å². The first-order chi connectivity index (χ1) is 14.9. The summed E-state index contributed by atoms with van der Waals surface area (Å²) in [7, 11) is -3.60. The number of nitrogens with zero attached hydrogens (tertiary/aromatic N) is 2. The Morgan fingerprint density at radius 2 is 1.94 bits per heavy atom. The standard InChI is InChI=1S/C22H28ClN3O3S2/c1-16(26-13-5-7-20(26)21-8-6-14-30-21)22(27)24-19-15-17(9-10-18(19)23)31(28,29)25-11-3-2-4-12-25/h6,8-10,14-16,20H,2-5,7,11-13H2,1H3,(H,24,27)/t16-,20+/m1/s1. The number of likely N-dealkylation sites (tertiary alicyclic amines) is 1. The summed E-state index contributed by atoms with van der Waals surface area (Å²) in [6.45, 7) is 3.81. The number of nitrogens with one attached hydrogen (secondary N) is 1. The van der Waals surface area contributed by atoms with Crippen LogP contribution < -0.4 is 5.32 Å². The van der Waals surface area contributed by atoms with Crippen molar-refractivity contribution in [3.63, 3.8) is 0 Å². The van der Waals surface area contributed by atoms with Crippen LogP contribution in [0, 0.1) is 0 Å². The monoisotopic (exact) mass is 481 g/mol. The highest BCUT2D eigenvalue weighted by Crippen LogP contribution is 2.36. The minimum Gasteiger partial charge on any atom is -0.323 e. The van der Waals surface area contributed by atoms with Crippen molar-refractivity contribution in [3.05, 3.63) is 45.6 Å². The van der Waals surface area contributed by atoms with Gasteiger partial charge in [0.25, 0.3) is 0 Å². The molecular formula is C22H28ClN3O3S2. The zero-order valence-corrected chi connectivity index (χ0v) is 20.0. The number of sulfonamides is 1. The SMILES string of the molecule is C[C@H](C(=O)Nc1cc(S(=O)(=O)N2CCCCC2)ccc1Cl)N1CCC[C@H]1c1cccs1.